The number of carbonyl (C=O) groups is 1. The van der Waals surface area contributed by atoms with Crippen LogP contribution in [0.5, 0.6) is 0 Å². The Morgan fingerprint density at radius 3 is 2.75 bits per heavy atom. The van der Waals surface area contributed by atoms with E-state index in [2.05, 4.69) is 11.8 Å². The highest BCUT2D eigenvalue weighted by atomic mass is 32.1. The third kappa shape index (κ3) is 3.09. The van der Waals surface area contributed by atoms with Crippen LogP contribution >= 0.6 is 11.3 Å². The minimum atomic E-state index is -0.156. The third-order valence-corrected chi connectivity index (χ3v) is 3.03. The lowest BCUT2D eigenvalue weighted by Crippen LogP contribution is -2.30. The van der Waals surface area contributed by atoms with E-state index in [1.165, 1.54) is 11.3 Å². The largest absolute Gasteiger partial charge is 0.384 e. The molecule has 1 aromatic rings. The normalized spacial score (nSPS) is 9.44. The van der Waals surface area contributed by atoms with Crippen molar-refractivity contribution in [2.24, 2.45) is 0 Å². The maximum atomic E-state index is 11.9. The second-order valence-corrected chi connectivity index (χ2v) is 4.05. The molecule has 0 bridgehead atoms. The van der Waals surface area contributed by atoms with Gasteiger partial charge in [-0.15, -0.1) is 11.3 Å². The molecule has 0 saturated heterocycles. The van der Waals surface area contributed by atoms with Gasteiger partial charge in [0.25, 0.3) is 5.91 Å². The Labute approximate surface area is 99.7 Å². The molecule has 0 aliphatic heterocycles. The Bertz CT molecular complexity index is 410. The average Bonchev–Trinajstić information content (AvgIpc) is 2.76. The third-order valence-electron chi connectivity index (χ3n) is 2.19. The molecule has 1 N–H and O–H groups in total. The maximum Gasteiger partial charge on any atom is 0.254 e. The predicted octanol–water partition coefficient (Wildman–Crippen LogP) is 1.57. The number of amides is 1. The van der Waals surface area contributed by atoms with E-state index in [0.717, 1.165) is 4.88 Å². The van der Waals surface area contributed by atoms with Crippen LogP contribution in [-0.2, 0) is 0 Å². The number of rotatable bonds is 3. The van der Waals surface area contributed by atoms with Crippen LogP contribution in [0.3, 0.4) is 0 Å². The maximum absolute atomic E-state index is 11.9. The summed E-state index contributed by atoms with van der Waals surface area (Å²) in [4.78, 5) is 14.5. The van der Waals surface area contributed by atoms with E-state index in [1.54, 1.807) is 11.0 Å². The van der Waals surface area contributed by atoms with Crippen molar-refractivity contribution in [1.82, 2.24) is 4.90 Å². The molecule has 0 unspecified atom stereocenters. The van der Waals surface area contributed by atoms with Crippen molar-refractivity contribution in [1.29, 1.82) is 0 Å². The first-order valence-electron chi connectivity index (χ1n) is 5.20. The lowest BCUT2D eigenvalue weighted by molar-refractivity contribution is 0.0773. The zero-order valence-electron chi connectivity index (χ0n) is 9.49. The minimum absolute atomic E-state index is 0.0401. The van der Waals surface area contributed by atoms with Crippen molar-refractivity contribution in [3.8, 4) is 11.8 Å². The van der Waals surface area contributed by atoms with E-state index in [0.29, 0.717) is 18.7 Å². The first kappa shape index (κ1) is 12.8. The van der Waals surface area contributed by atoms with Gasteiger partial charge in [-0.2, -0.15) is 0 Å². The summed E-state index contributed by atoms with van der Waals surface area (Å²) in [5, 5.41) is 10.4. The Morgan fingerprint density at radius 2 is 2.19 bits per heavy atom. The second-order valence-electron chi connectivity index (χ2n) is 3.14. The first-order valence-corrected chi connectivity index (χ1v) is 6.08. The molecule has 3 nitrogen and oxygen atoms in total. The molecule has 1 aromatic heterocycles. The average molecular weight is 237 g/mol. The van der Waals surface area contributed by atoms with Crippen LogP contribution in [0.15, 0.2) is 11.4 Å². The lowest BCUT2D eigenvalue weighted by Gasteiger charge is -2.17. The van der Waals surface area contributed by atoms with E-state index < -0.39 is 0 Å². The fourth-order valence-electron chi connectivity index (χ4n) is 1.33. The number of aliphatic hydroxyl groups excluding tert-OH is 1. The number of nitrogens with zero attached hydrogens (tertiary/aromatic N) is 1. The van der Waals surface area contributed by atoms with Crippen LogP contribution in [0.25, 0.3) is 0 Å². The van der Waals surface area contributed by atoms with Gasteiger partial charge in [0.1, 0.15) is 6.61 Å². The molecule has 1 heterocycles. The number of carbonyl (C=O) groups excluding carboxylic acids is 1. The highest BCUT2D eigenvalue weighted by Crippen LogP contribution is 2.15. The highest BCUT2D eigenvalue weighted by molar-refractivity contribution is 7.10. The van der Waals surface area contributed by atoms with Gasteiger partial charge in [0, 0.05) is 18.5 Å². The van der Waals surface area contributed by atoms with Gasteiger partial charge in [0.15, 0.2) is 0 Å². The van der Waals surface area contributed by atoms with Gasteiger partial charge in [-0.1, -0.05) is 11.8 Å². The predicted molar refractivity (Wildman–Crippen MR) is 65.5 cm³/mol. The zero-order valence-corrected chi connectivity index (χ0v) is 10.3. The summed E-state index contributed by atoms with van der Waals surface area (Å²) in [6, 6.07) is 1.77. The van der Waals surface area contributed by atoms with E-state index in [4.69, 9.17) is 5.11 Å². The minimum Gasteiger partial charge on any atom is -0.384 e. The number of hydrogen-bond acceptors (Lipinski definition) is 3. The molecule has 0 spiro atoms. The van der Waals surface area contributed by atoms with Gasteiger partial charge >= 0.3 is 0 Å². The standard InChI is InChI=1S/C12H15NO2S/c1-3-13(4-2)12(15)10-8-11(16-9-10)6-5-7-14/h8-9,14H,3-4,7H2,1-2H3. The lowest BCUT2D eigenvalue weighted by atomic mass is 10.2. The number of aliphatic hydroxyl groups is 1. The van der Waals surface area contributed by atoms with Gasteiger partial charge in [-0.05, 0) is 19.9 Å². The van der Waals surface area contributed by atoms with Crippen LogP contribution in [0.1, 0.15) is 29.1 Å². The molecular weight excluding hydrogens is 222 g/mol. The molecule has 16 heavy (non-hydrogen) atoms. The molecule has 0 radical (unpaired) electrons. The van der Waals surface area contributed by atoms with E-state index in [9.17, 15) is 4.79 Å². The zero-order chi connectivity index (χ0) is 12.0. The fourth-order valence-corrected chi connectivity index (χ4v) is 2.08. The summed E-state index contributed by atoms with van der Waals surface area (Å²) < 4.78 is 0. The molecule has 0 aliphatic rings. The number of hydrogen-bond donors (Lipinski definition) is 1. The SMILES string of the molecule is CCN(CC)C(=O)c1csc(C#CCO)c1. The summed E-state index contributed by atoms with van der Waals surface area (Å²) in [6.45, 7) is 5.18. The summed E-state index contributed by atoms with van der Waals surface area (Å²) >= 11 is 1.42. The van der Waals surface area contributed by atoms with Crippen LogP contribution in [-0.4, -0.2) is 35.6 Å². The highest BCUT2D eigenvalue weighted by Gasteiger charge is 2.13. The molecule has 0 saturated carbocycles. The Kier molecular flexibility index (Phi) is 5.03. The smallest absolute Gasteiger partial charge is 0.254 e. The second kappa shape index (κ2) is 6.31. The topological polar surface area (TPSA) is 40.5 Å². The summed E-state index contributed by atoms with van der Waals surface area (Å²) in [5.41, 5.74) is 0.677. The van der Waals surface area contributed by atoms with Crippen molar-refractivity contribution < 1.29 is 9.90 Å². The van der Waals surface area contributed by atoms with Crippen LogP contribution in [0, 0.1) is 11.8 Å². The van der Waals surface area contributed by atoms with Gasteiger partial charge in [-0.25, -0.2) is 0 Å². The Morgan fingerprint density at radius 1 is 1.50 bits per heavy atom. The Balaban J connectivity index is 2.81. The van der Waals surface area contributed by atoms with E-state index in [1.807, 2.05) is 19.2 Å². The summed E-state index contributed by atoms with van der Waals surface area (Å²) in [6.07, 6.45) is 0. The van der Waals surface area contributed by atoms with Crippen LogP contribution in [0.2, 0.25) is 0 Å². The van der Waals surface area contributed by atoms with Crippen molar-refractivity contribution in [3.63, 3.8) is 0 Å². The molecule has 86 valence electrons. The quantitative estimate of drug-likeness (QED) is 0.811. The van der Waals surface area contributed by atoms with Crippen LogP contribution in [0.4, 0.5) is 0 Å². The molecular formula is C12H15NO2S. The van der Waals surface area contributed by atoms with Crippen LogP contribution < -0.4 is 0 Å². The van der Waals surface area contributed by atoms with Crippen molar-refractivity contribution >= 4 is 17.2 Å². The van der Waals surface area contributed by atoms with Crippen molar-refractivity contribution in [2.75, 3.05) is 19.7 Å². The van der Waals surface area contributed by atoms with E-state index >= 15 is 0 Å². The molecule has 1 rings (SSSR count). The molecule has 1 amide bonds. The number of thiophene rings is 1. The van der Waals surface area contributed by atoms with Gasteiger partial charge in [0.05, 0.1) is 10.4 Å². The molecule has 0 atom stereocenters. The summed E-state index contributed by atoms with van der Waals surface area (Å²) in [5.74, 6) is 5.40. The molecule has 4 heteroatoms. The molecule has 0 aliphatic carbocycles. The first-order chi connectivity index (χ1) is 7.72. The van der Waals surface area contributed by atoms with Gasteiger partial charge < -0.3 is 10.0 Å². The van der Waals surface area contributed by atoms with E-state index in [-0.39, 0.29) is 12.5 Å². The van der Waals surface area contributed by atoms with Gasteiger partial charge in [-0.3, -0.25) is 4.79 Å². The monoisotopic (exact) mass is 237 g/mol. The fraction of sp³-hybridized carbons (Fsp3) is 0.417. The van der Waals surface area contributed by atoms with Gasteiger partial charge in [0.2, 0.25) is 0 Å². The summed E-state index contributed by atoms with van der Waals surface area (Å²) in [7, 11) is 0. The van der Waals surface area contributed by atoms with Crippen molar-refractivity contribution in [3.05, 3.63) is 21.9 Å². The molecule has 0 fully saturated rings. The van der Waals surface area contributed by atoms with Crippen molar-refractivity contribution in [2.45, 2.75) is 13.8 Å². The Hall–Kier alpha value is -1.31. The molecule has 0 aromatic carbocycles.